The number of hydrogen-bond donors (Lipinski definition) is 1. The van der Waals surface area contributed by atoms with Crippen molar-refractivity contribution in [1.29, 1.82) is 0 Å². The number of aromatic nitrogens is 1. The molecular formula is C17H18N2O3. The van der Waals surface area contributed by atoms with Gasteiger partial charge in [-0.05, 0) is 23.3 Å². The maximum Gasteiger partial charge on any atom is 0.246 e. The molecule has 3 rings (SSSR count). The lowest BCUT2D eigenvalue weighted by Gasteiger charge is -2.13. The van der Waals surface area contributed by atoms with Gasteiger partial charge in [-0.2, -0.15) is 0 Å². The first-order chi connectivity index (χ1) is 10.8. The summed E-state index contributed by atoms with van der Waals surface area (Å²) in [4.78, 5) is 15.5. The van der Waals surface area contributed by atoms with Crippen LogP contribution < -0.4 is 10.1 Å². The summed E-state index contributed by atoms with van der Waals surface area (Å²) in [5.74, 6) is 0.774. The Morgan fingerprint density at radius 1 is 1.36 bits per heavy atom. The SMILES string of the molecule is COCC(=O)NC[C@H]1Cc2cccc(-c3ccncc3)c2O1. The second kappa shape index (κ2) is 6.58. The van der Waals surface area contributed by atoms with E-state index < -0.39 is 0 Å². The summed E-state index contributed by atoms with van der Waals surface area (Å²) in [7, 11) is 1.50. The van der Waals surface area contributed by atoms with E-state index in [1.165, 1.54) is 12.7 Å². The third-order valence-corrected chi connectivity index (χ3v) is 3.62. The molecule has 1 atom stereocenters. The zero-order chi connectivity index (χ0) is 15.4. The number of nitrogens with one attached hydrogen (secondary N) is 1. The Morgan fingerprint density at radius 3 is 2.95 bits per heavy atom. The monoisotopic (exact) mass is 298 g/mol. The van der Waals surface area contributed by atoms with Crippen LogP contribution in [0.3, 0.4) is 0 Å². The van der Waals surface area contributed by atoms with Gasteiger partial charge < -0.3 is 14.8 Å². The van der Waals surface area contributed by atoms with Gasteiger partial charge in [0.25, 0.3) is 0 Å². The Kier molecular flexibility index (Phi) is 4.34. The maximum atomic E-state index is 11.5. The molecule has 1 N–H and O–H groups in total. The number of amides is 1. The van der Waals surface area contributed by atoms with E-state index in [2.05, 4.69) is 16.4 Å². The quantitative estimate of drug-likeness (QED) is 0.914. The largest absolute Gasteiger partial charge is 0.487 e. The fourth-order valence-electron chi connectivity index (χ4n) is 2.62. The maximum absolute atomic E-state index is 11.5. The molecule has 2 aromatic rings. The normalized spacial score (nSPS) is 16.0. The predicted molar refractivity (Wildman–Crippen MR) is 82.7 cm³/mol. The first-order valence-corrected chi connectivity index (χ1v) is 7.22. The van der Waals surface area contributed by atoms with Gasteiger partial charge in [-0.15, -0.1) is 0 Å². The van der Waals surface area contributed by atoms with Crippen LogP contribution in [0.2, 0.25) is 0 Å². The highest BCUT2D eigenvalue weighted by Crippen LogP contribution is 2.38. The van der Waals surface area contributed by atoms with Crippen molar-refractivity contribution in [1.82, 2.24) is 10.3 Å². The molecule has 1 aliphatic rings. The average molecular weight is 298 g/mol. The molecule has 0 bridgehead atoms. The van der Waals surface area contributed by atoms with Crippen molar-refractivity contribution in [3.05, 3.63) is 48.3 Å². The zero-order valence-corrected chi connectivity index (χ0v) is 12.4. The number of pyridine rings is 1. The third kappa shape index (κ3) is 3.09. The van der Waals surface area contributed by atoms with E-state index in [0.29, 0.717) is 6.54 Å². The lowest BCUT2D eigenvalue weighted by atomic mass is 10.0. The first kappa shape index (κ1) is 14.5. The van der Waals surface area contributed by atoms with Crippen LogP contribution in [0.4, 0.5) is 0 Å². The number of para-hydroxylation sites is 1. The molecule has 0 saturated heterocycles. The minimum atomic E-state index is -0.128. The number of benzene rings is 1. The third-order valence-electron chi connectivity index (χ3n) is 3.62. The molecule has 0 spiro atoms. The molecule has 0 fully saturated rings. The van der Waals surface area contributed by atoms with E-state index >= 15 is 0 Å². The van der Waals surface area contributed by atoms with E-state index in [4.69, 9.17) is 9.47 Å². The van der Waals surface area contributed by atoms with Crippen molar-refractivity contribution in [3.8, 4) is 16.9 Å². The number of carbonyl (C=O) groups excluding carboxylic acids is 1. The second-order valence-corrected chi connectivity index (χ2v) is 5.21. The fraction of sp³-hybridized carbons (Fsp3) is 0.294. The van der Waals surface area contributed by atoms with Gasteiger partial charge in [0.15, 0.2) is 0 Å². The van der Waals surface area contributed by atoms with Crippen LogP contribution in [-0.2, 0) is 16.0 Å². The summed E-state index contributed by atoms with van der Waals surface area (Å²) in [6.45, 7) is 0.550. The predicted octanol–water partition coefficient (Wildman–Crippen LogP) is 1.81. The molecule has 5 nitrogen and oxygen atoms in total. The number of ether oxygens (including phenoxy) is 2. The summed E-state index contributed by atoms with van der Waals surface area (Å²) in [5, 5.41) is 2.82. The Labute approximate surface area is 129 Å². The summed E-state index contributed by atoms with van der Waals surface area (Å²) in [5.41, 5.74) is 3.31. The van der Waals surface area contributed by atoms with Gasteiger partial charge in [0.1, 0.15) is 18.5 Å². The van der Waals surface area contributed by atoms with Gasteiger partial charge >= 0.3 is 0 Å². The number of fused-ring (bicyclic) bond motifs is 1. The van der Waals surface area contributed by atoms with Crippen molar-refractivity contribution in [2.75, 3.05) is 20.3 Å². The number of rotatable bonds is 5. The van der Waals surface area contributed by atoms with Gasteiger partial charge in [-0.1, -0.05) is 18.2 Å². The minimum Gasteiger partial charge on any atom is -0.487 e. The molecule has 1 amide bonds. The topological polar surface area (TPSA) is 60.5 Å². The summed E-state index contributed by atoms with van der Waals surface area (Å²) >= 11 is 0. The van der Waals surface area contributed by atoms with Crippen LogP contribution in [0.15, 0.2) is 42.7 Å². The van der Waals surface area contributed by atoms with Crippen LogP contribution in [0.1, 0.15) is 5.56 Å². The van der Waals surface area contributed by atoms with Crippen LogP contribution in [0.5, 0.6) is 5.75 Å². The van der Waals surface area contributed by atoms with Gasteiger partial charge in [0.2, 0.25) is 5.91 Å². The Bertz CT molecular complexity index is 658. The fourth-order valence-corrected chi connectivity index (χ4v) is 2.62. The van der Waals surface area contributed by atoms with Crippen LogP contribution in [0.25, 0.3) is 11.1 Å². The van der Waals surface area contributed by atoms with Crippen LogP contribution >= 0.6 is 0 Å². The molecule has 114 valence electrons. The number of nitrogens with zero attached hydrogens (tertiary/aromatic N) is 1. The van der Waals surface area contributed by atoms with Gasteiger partial charge in [-0.25, -0.2) is 0 Å². The van der Waals surface area contributed by atoms with E-state index in [-0.39, 0.29) is 18.6 Å². The highest BCUT2D eigenvalue weighted by atomic mass is 16.5. The number of carbonyl (C=O) groups is 1. The van der Waals surface area contributed by atoms with Crippen molar-refractivity contribution >= 4 is 5.91 Å². The van der Waals surface area contributed by atoms with Crippen molar-refractivity contribution in [2.24, 2.45) is 0 Å². The van der Waals surface area contributed by atoms with Gasteiger partial charge in [0.05, 0.1) is 6.54 Å². The zero-order valence-electron chi connectivity index (χ0n) is 12.4. The van der Waals surface area contributed by atoms with Gasteiger partial charge in [-0.3, -0.25) is 9.78 Å². The van der Waals surface area contributed by atoms with E-state index in [0.717, 1.165) is 23.3 Å². The summed E-state index contributed by atoms with van der Waals surface area (Å²) in [6.07, 6.45) is 4.29. The summed E-state index contributed by atoms with van der Waals surface area (Å²) < 4.78 is 10.8. The van der Waals surface area contributed by atoms with E-state index in [9.17, 15) is 4.79 Å². The molecule has 5 heteroatoms. The summed E-state index contributed by atoms with van der Waals surface area (Å²) in [6, 6.07) is 10.1. The average Bonchev–Trinajstić information content (AvgIpc) is 2.97. The second-order valence-electron chi connectivity index (χ2n) is 5.21. The number of hydrogen-bond acceptors (Lipinski definition) is 4. The molecule has 1 aromatic heterocycles. The highest BCUT2D eigenvalue weighted by Gasteiger charge is 2.25. The molecule has 0 aliphatic carbocycles. The first-order valence-electron chi connectivity index (χ1n) is 7.22. The Balaban J connectivity index is 1.72. The lowest BCUT2D eigenvalue weighted by Crippen LogP contribution is -2.36. The highest BCUT2D eigenvalue weighted by molar-refractivity contribution is 5.77. The number of methoxy groups -OCH3 is 1. The Hall–Kier alpha value is -2.40. The molecule has 1 aliphatic heterocycles. The van der Waals surface area contributed by atoms with Crippen molar-refractivity contribution in [2.45, 2.75) is 12.5 Å². The molecule has 1 aromatic carbocycles. The molecular weight excluding hydrogens is 280 g/mol. The molecule has 22 heavy (non-hydrogen) atoms. The molecule has 2 heterocycles. The standard InChI is InChI=1S/C17H18N2O3/c1-21-11-16(20)19-10-14-9-13-3-2-4-15(17(13)22-14)12-5-7-18-8-6-12/h2-8,14H,9-11H2,1H3,(H,19,20)/t14-/m1/s1. The lowest BCUT2D eigenvalue weighted by molar-refractivity contribution is -0.125. The molecule has 0 saturated carbocycles. The van der Waals surface area contributed by atoms with Crippen molar-refractivity contribution in [3.63, 3.8) is 0 Å². The smallest absolute Gasteiger partial charge is 0.246 e. The molecule has 0 unspecified atom stereocenters. The molecule has 0 radical (unpaired) electrons. The van der Waals surface area contributed by atoms with Crippen LogP contribution in [0, 0.1) is 0 Å². The van der Waals surface area contributed by atoms with Crippen LogP contribution in [-0.4, -0.2) is 37.3 Å². The Morgan fingerprint density at radius 2 is 2.18 bits per heavy atom. The van der Waals surface area contributed by atoms with Crippen molar-refractivity contribution < 1.29 is 14.3 Å². The minimum absolute atomic E-state index is 0.0428. The van der Waals surface area contributed by atoms with E-state index in [1.807, 2.05) is 24.3 Å². The van der Waals surface area contributed by atoms with Gasteiger partial charge in [0, 0.05) is 31.5 Å². The van der Waals surface area contributed by atoms with E-state index in [1.54, 1.807) is 12.4 Å².